The van der Waals surface area contributed by atoms with E-state index in [1.807, 2.05) is 0 Å². The third kappa shape index (κ3) is 2.19. The fourth-order valence-electron chi connectivity index (χ4n) is 3.45. The van der Waals surface area contributed by atoms with Crippen LogP contribution < -0.4 is 0 Å². The van der Waals surface area contributed by atoms with Crippen LogP contribution in [0.4, 0.5) is 0 Å². The van der Waals surface area contributed by atoms with Gasteiger partial charge in [0.25, 0.3) is 0 Å². The van der Waals surface area contributed by atoms with E-state index in [1.54, 1.807) is 0 Å². The van der Waals surface area contributed by atoms with Gasteiger partial charge in [-0.3, -0.25) is 0 Å². The number of hydrogen-bond acceptors (Lipinski definition) is 2. The molecular formula is C21H23N3. The van der Waals surface area contributed by atoms with Gasteiger partial charge in [0.15, 0.2) is 5.65 Å². The van der Waals surface area contributed by atoms with Gasteiger partial charge in [-0.25, -0.2) is 9.97 Å². The van der Waals surface area contributed by atoms with Gasteiger partial charge in [0.2, 0.25) is 0 Å². The molecule has 122 valence electrons. The van der Waals surface area contributed by atoms with E-state index < -0.39 is 0 Å². The van der Waals surface area contributed by atoms with Crippen LogP contribution >= 0.6 is 0 Å². The molecule has 2 aromatic carbocycles. The molecule has 2 heterocycles. The van der Waals surface area contributed by atoms with Gasteiger partial charge in [-0.1, -0.05) is 31.0 Å². The summed E-state index contributed by atoms with van der Waals surface area (Å²) in [7, 11) is 0. The van der Waals surface area contributed by atoms with Crippen molar-refractivity contribution in [2.75, 3.05) is 0 Å². The number of fused-ring (bicyclic) bond motifs is 4. The molecule has 0 amide bonds. The first-order valence-electron chi connectivity index (χ1n) is 8.76. The summed E-state index contributed by atoms with van der Waals surface area (Å²) in [4.78, 5) is 10.1. The molecule has 0 radical (unpaired) electrons. The topological polar surface area (TPSA) is 30.7 Å². The van der Waals surface area contributed by atoms with Crippen molar-refractivity contribution in [3.8, 4) is 0 Å². The van der Waals surface area contributed by atoms with E-state index in [0.717, 1.165) is 35.2 Å². The van der Waals surface area contributed by atoms with Crippen molar-refractivity contribution in [1.82, 2.24) is 14.5 Å². The predicted molar refractivity (Wildman–Crippen MR) is 102 cm³/mol. The maximum atomic E-state index is 5.05. The molecule has 2 aromatic heterocycles. The molecule has 3 nitrogen and oxygen atoms in total. The number of aromatic nitrogens is 3. The van der Waals surface area contributed by atoms with E-state index >= 15 is 0 Å². The van der Waals surface area contributed by atoms with Gasteiger partial charge in [-0.2, -0.15) is 0 Å². The molecule has 0 unspecified atom stereocenters. The van der Waals surface area contributed by atoms with Crippen molar-refractivity contribution < 1.29 is 0 Å². The Morgan fingerprint density at radius 3 is 2.58 bits per heavy atom. The van der Waals surface area contributed by atoms with E-state index in [2.05, 4.69) is 62.6 Å². The third-order valence-corrected chi connectivity index (χ3v) is 5.03. The third-order valence-electron chi connectivity index (χ3n) is 5.03. The monoisotopic (exact) mass is 317 g/mol. The molecule has 0 spiro atoms. The predicted octanol–water partition coefficient (Wildman–Crippen LogP) is 5.46. The van der Waals surface area contributed by atoms with Crippen LogP contribution in [0.5, 0.6) is 0 Å². The molecule has 3 heteroatoms. The molecule has 0 aliphatic carbocycles. The summed E-state index contributed by atoms with van der Waals surface area (Å²) in [6.07, 6.45) is 2.33. The van der Waals surface area contributed by atoms with Crippen LogP contribution in [-0.2, 0) is 6.54 Å². The van der Waals surface area contributed by atoms with Crippen LogP contribution in [0, 0.1) is 20.8 Å². The Balaban J connectivity index is 2.15. The molecular weight excluding hydrogens is 294 g/mol. The standard InChI is InChI=1S/C21H23N3/c1-5-6-11-24-18-10-7-13(2)12-16(18)20-21(24)22-17-9-8-14(3)15(4)19(17)23-20/h7-10,12H,5-6,11H2,1-4H3. The number of nitrogens with zero attached hydrogens (tertiary/aromatic N) is 3. The first-order valence-corrected chi connectivity index (χ1v) is 8.76. The van der Waals surface area contributed by atoms with Crippen molar-refractivity contribution in [1.29, 1.82) is 0 Å². The lowest BCUT2D eigenvalue weighted by atomic mass is 10.1. The van der Waals surface area contributed by atoms with Crippen molar-refractivity contribution in [3.63, 3.8) is 0 Å². The molecule has 4 rings (SSSR count). The Morgan fingerprint density at radius 1 is 0.958 bits per heavy atom. The van der Waals surface area contributed by atoms with E-state index in [-0.39, 0.29) is 0 Å². The molecule has 0 fully saturated rings. The van der Waals surface area contributed by atoms with Gasteiger partial charge in [0.1, 0.15) is 5.52 Å². The average molecular weight is 317 g/mol. The minimum absolute atomic E-state index is 0.989. The van der Waals surface area contributed by atoms with Crippen LogP contribution in [0.15, 0.2) is 30.3 Å². The van der Waals surface area contributed by atoms with Crippen LogP contribution in [0.1, 0.15) is 36.5 Å². The lowest BCUT2D eigenvalue weighted by Crippen LogP contribution is -2.00. The summed E-state index contributed by atoms with van der Waals surface area (Å²) in [5, 5.41) is 1.22. The highest BCUT2D eigenvalue weighted by Crippen LogP contribution is 2.30. The van der Waals surface area contributed by atoms with E-state index in [1.165, 1.54) is 34.0 Å². The summed E-state index contributed by atoms with van der Waals surface area (Å²) < 4.78 is 2.34. The highest BCUT2D eigenvalue weighted by molar-refractivity contribution is 6.07. The zero-order valence-corrected chi connectivity index (χ0v) is 14.8. The molecule has 0 aliphatic rings. The number of benzene rings is 2. The highest BCUT2D eigenvalue weighted by atomic mass is 15.1. The minimum Gasteiger partial charge on any atom is -0.324 e. The maximum absolute atomic E-state index is 5.05. The Morgan fingerprint density at radius 2 is 1.79 bits per heavy atom. The zero-order chi connectivity index (χ0) is 16.8. The van der Waals surface area contributed by atoms with Gasteiger partial charge in [0.05, 0.1) is 16.6 Å². The van der Waals surface area contributed by atoms with Crippen LogP contribution in [0.2, 0.25) is 0 Å². The second kappa shape index (κ2) is 5.59. The van der Waals surface area contributed by atoms with Crippen molar-refractivity contribution in [2.24, 2.45) is 0 Å². The molecule has 24 heavy (non-hydrogen) atoms. The molecule has 4 aromatic rings. The second-order valence-electron chi connectivity index (χ2n) is 6.80. The smallest absolute Gasteiger partial charge is 0.160 e. The number of unbranched alkanes of at least 4 members (excludes halogenated alkanes) is 1. The van der Waals surface area contributed by atoms with E-state index in [4.69, 9.17) is 9.97 Å². The normalized spacial score (nSPS) is 11.8. The van der Waals surface area contributed by atoms with Gasteiger partial charge in [0, 0.05) is 11.9 Å². The quantitative estimate of drug-likeness (QED) is 0.502. The van der Waals surface area contributed by atoms with Crippen molar-refractivity contribution in [3.05, 3.63) is 47.0 Å². The SMILES string of the molecule is CCCCn1c2ccc(C)cc2c2nc3c(C)c(C)ccc3nc21. The van der Waals surface area contributed by atoms with E-state index in [0.29, 0.717) is 0 Å². The van der Waals surface area contributed by atoms with E-state index in [9.17, 15) is 0 Å². The Hall–Kier alpha value is -2.42. The Bertz CT molecular complexity index is 1070. The highest BCUT2D eigenvalue weighted by Gasteiger charge is 2.15. The molecule has 0 atom stereocenters. The minimum atomic E-state index is 0.989. The van der Waals surface area contributed by atoms with Gasteiger partial charge < -0.3 is 4.57 Å². The van der Waals surface area contributed by atoms with Gasteiger partial charge in [-0.15, -0.1) is 0 Å². The second-order valence-corrected chi connectivity index (χ2v) is 6.80. The first-order chi connectivity index (χ1) is 11.6. The van der Waals surface area contributed by atoms with Crippen molar-refractivity contribution >= 4 is 33.1 Å². The summed E-state index contributed by atoms with van der Waals surface area (Å²) in [5.41, 5.74) is 9.06. The Labute approximate surface area is 142 Å². The Kier molecular flexibility index (Phi) is 3.52. The van der Waals surface area contributed by atoms with Crippen LogP contribution in [0.25, 0.3) is 33.1 Å². The largest absolute Gasteiger partial charge is 0.324 e. The molecule has 0 bridgehead atoms. The van der Waals surface area contributed by atoms with Gasteiger partial charge >= 0.3 is 0 Å². The fourth-order valence-corrected chi connectivity index (χ4v) is 3.45. The summed E-state index contributed by atoms with van der Waals surface area (Å²) in [5.74, 6) is 0. The summed E-state index contributed by atoms with van der Waals surface area (Å²) >= 11 is 0. The first kappa shape index (κ1) is 15.1. The summed E-state index contributed by atoms with van der Waals surface area (Å²) in [6, 6.07) is 10.9. The maximum Gasteiger partial charge on any atom is 0.160 e. The van der Waals surface area contributed by atoms with Crippen molar-refractivity contribution in [2.45, 2.75) is 47.1 Å². The number of rotatable bonds is 3. The van der Waals surface area contributed by atoms with Gasteiger partial charge in [-0.05, 0) is 56.5 Å². The lowest BCUT2D eigenvalue weighted by molar-refractivity contribution is 0.661. The molecule has 0 saturated heterocycles. The molecule has 0 aliphatic heterocycles. The zero-order valence-electron chi connectivity index (χ0n) is 14.8. The lowest BCUT2D eigenvalue weighted by Gasteiger charge is -2.07. The molecule has 0 saturated carbocycles. The fraction of sp³-hybridized carbons (Fsp3) is 0.333. The van der Waals surface area contributed by atoms with Crippen LogP contribution in [0.3, 0.4) is 0 Å². The van der Waals surface area contributed by atoms with Crippen LogP contribution in [-0.4, -0.2) is 14.5 Å². The summed E-state index contributed by atoms with van der Waals surface area (Å²) in [6.45, 7) is 9.63. The molecule has 0 N–H and O–H groups in total. The number of hydrogen-bond donors (Lipinski definition) is 0. The number of aryl methyl sites for hydroxylation is 4. The average Bonchev–Trinajstić information content (AvgIpc) is 2.87.